The fourth-order valence-corrected chi connectivity index (χ4v) is 2.28. The van der Waals surface area contributed by atoms with E-state index in [1.54, 1.807) is 49.5 Å². The van der Waals surface area contributed by atoms with Gasteiger partial charge in [0, 0.05) is 23.9 Å². The number of ether oxygens (including phenoxy) is 1. The number of amides is 1. The van der Waals surface area contributed by atoms with E-state index < -0.39 is 5.97 Å². The molecule has 0 spiro atoms. The maximum Gasteiger partial charge on any atom is 0.337 e. The molecule has 0 radical (unpaired) electrons. The van der Waals surface area contributed by atoms with Gasteiger partial charge in [0.25, 0.3) is 5.91 Å². The zero-order chi connectivity index (χ0) is 17.8. The van der Waals surface area contributed by atoms with Crippen LogP contribution in [0.4, 0.5) is 5.69 Å². The van der Waals surface area contributed by atoms with Crippen LogP contribution in [-0.4, -0.2) is 39.2 Å². The first-order chi connectivity index (χ1) is 12.1. The van der Waals surface area contributed by atoms with E-state index in [0.29, 0.717) is 22.6 Å². The van der Waals surface area contributed by atoms with Crippen LogP contribution in [-0.2, 0) is 11.8 Å². The van der Waals surface area contributed by atoms with Crippen LogP contribution >= 0.6 is 0 Å². The SMILES string of the molecule is COC(=O)c1ccc(NC(=O)c2cccc(-c3nnnn3C)c2)cc1. The number of esters is 1. The molecule has 1 heterocycles. The predicted molar refractivity (Wildman–Crippen MR) is 90.0 cm³/mol. The molecule has 1 N–H and O–H groups in total. The molecule has 0 aliphatic heterocycles. The van der Waals surface area contributed by atoms with Gasteiger partial charge in [-0.2, -0.15) is 0 Å². The Morgan fingerprint density at radius 2 is 1.84 bits per heavy atom. The maximum atomic E-state index is 12.4. The van der Waals surface area contributed by atoms with E-state index in [-0.39, 0.29) is 5.91 Å². The van der Waals surface area contributed by atoms with Crippen LogP contribution in [0.25, 0.3) is 11.4 Å². The highest BCUT2D eigenvalue weighted by Gasteiger charge is 2.11. The third kappa shape index (κ3) is 3.52. The van der Waals surface area contributed by atoms with Gasteiger partial charge in [-0.1, -0.05) is 12.1 Å². The Bertz CT molecular complexity index is 918. The topological polar surface area (TPSA) is 99.0 Å². The van der Waals surface area contributed by atoms with E-state index in [9.17, 15) is 9.59 Å². The molecule has 0 unspecified atom stereocenters. The minimum absolute atomic E-state index is 0.275. The second-order valence-corrected chi connectivity index (χ2v) is 5.23. The lowest BCUT2D eigenvalue weighted by Gasteiger charge is -2.07. The number of methoxy groups -OCH3 is 1. The molecule has 3 rings (SSSR count). The fraction of sp³-hybridized carbons (Fsp3) is 0.118. The monoisotopic (exact) mass is 337 g/mol. The molecule has 1 amide bonds. The number of rotatable bonds is 4. The van der Waals surface area contributed by atoms with E-state index in [0.717, 1.165) is 5.56 Å². The van der Waals surface area contributed by atoms with Gasteiger partial charge in [-0.25, -0.2) is 9.48 Å². The van der Waals surface area contributed by atoms with Gasteiger partial charge in [0.05, 0.1) is 12.7 Å². The maximum absolute atomic E-state index is 12.4. The molecule has 0 saturated carbocycles. The third-order valence-corrected chi connectivity index (χ3v) is 3.57. The van der Waals surface area contributed by atoms with Gasteiger partial charge in [0.2, 0.25) is 0 Å². The molecule has 0 fully saturated rings. The molecule has 2 aromatic carbocycles. The van der Waals surface area contributed by atoms with Gasteiger partial charge in [-0.05, 0) is 46.8 Å². The summed E-state index contributed by atoms with van der Waals surface area (Å²) in [7, 11) is 3.04. The number of nitrogens with one attached hydrogen (secondary N) is 1. The average Bonchev–Trinajstić information content (AvgIpc) is 3.07. The van der Waals surface area contributed by atoms with Crippen molar-refractivity contribution in [2.24, 2.45) is 7.05 Å². The van der Waals surface area contributed by atoms with Crippen LogP contribution in [0.15, 0.2) is 48.5 Å². The standard InChI is InChI=1S/C17H15N5O3/c1-22-15(19-20-21-22)12-4-3-5-13(10-12)16(23)18-14-8-6-11(7-9-14)17(24)25-2/h3-10H,1-2H3,(H,18,23). The van der Waals surface area contributed by atoms with Gasteiger partial charge in [0.1, 0.15) is 0 Å². The van der Waals surface area contributed by atoms with Crippen LogP contribution in [0, 0.1) is 0 Å². The summed E-state index contributed by atoms with van der Waals surface area (Å²) in [5, 5.41) is 14.1. The van der Waals surface area contributed by atoms with Crippen molar-refractivity contribution in [1.29, 1.82) is 0 Å². The van der Waals surface area contributed by atoms with Crippen molar-refractivity contribution in [2.75, 3.05) is 12.4 Å². The molecule has 0 atom stereocenters. The molecule has 0 aliphatic rings. The fourth-order valence-electron chi connectivity index (χ4n) is 2.28. The first-order valence-corrected chi connectivity index (χ1v) is 7.41. The molecule has 126 valence electrons. The third-order valence-electron chi connectivity index (χ3n) is 3.57. The number of tetrazole rings is 1. The zero-order valence-corrected chi connectivity index (χ0v) is 13.6. The van der Waals surface area contributed by atoms with Crippen LogP contribution in [0.3, 0.4) is 0 Å². The lowest BCUT2D eigenvalue weighted by molar-refractivity contribution is 0.0600. The van der Waals surface area contributed by atoms with Crippen LogP contribution in [0.2, 0.25) is 0 Å². The van der Waals surface area contributed by atoms with E-state index in [1.165, 1.54) is 11.8 Å². The van der Waals surface area contributed by atoms with Crippen molar-refractivity contribution < 1.29 is 14.3 Å². The van der Waals surface area contributed by atoms with Crippen molar-refractivity contribution >= 4 is 17.6 Å². The predicted octanol–water partition coefficient (Wildman–Crippen LogP) is 1.92. The molecule has 1 aromatic heterocycles. The number of carbonyl (C=O) groups is 2. The number of carbonyl (C=O) groups excluding carboxylic acids is 2. The Morgan fingerprint density at radius 1 is 1.08 bits per heavy atom. The van der Waals surface area contributed by atoms with E-state index in [4.69, 9.17) is 0 Å². The molecule has 0 aliphatic carbocycles. The van der Waals surface area contributed by atoms with Crippen molar-refractivity contribution in [3.8, 4) is 11.4 Å². The lowest BCUT2D eigenvalue weighted by atomic mass is 10.1. The summed E-state index contributed by atoms with van der Waals surface area (Å²) in [5.74, 6) is -0.136. The Hall–Kier alpha value is -3.55. The molecular weight excluding hydrogens is 322 g/mol. The number of aryl methyl sites for hydroxylation is 1. The number of hydrogen-bond acceptors (Lipinski definition) is 6. The molecule has 0 saturated heterocycles. The smallest absolute Gasteiger partial charge is 0.337 e. The number of anilines is 1. The largest absolute Gasteiger partial charge is 0.465 e. The second-order valence-electron chi connectivity index (χ2n) is 5.23. The van der Waals surface area contributed by atoms with Crippen LogP contribution in [0.5, 0.6) is 0 Å². The first kappa shape index (κ1) is 16.3. The Labute approximate surface area is 143 Å². The Balaban J connectivity index is 1.78. The number of nitrogens with zero attached hydrogens (tertiary/aromatic N) is 4. The molecule has 8 nitrogen and oxygen atoms in total. The Kier molecular flexibility index (Phi) is 4.51. The zero-order valence-electron chi connectivity index (χ0n) is 13.6. The minimum Gasteiger partial charge on any atom is -0.465 e. The molecule has 3 aromatic rings. The molecule has 0 bridgehead atoms. The highest BCUT2D eigenvalue weighted by molar-refractivity contribution is 6.05. The van der Waals surface area contributed by atoms with Crippen LogP contribution < -0.4 is 5.32 Å². The Morgan fingerprint density at radius 3 is 2.48 bits per heavy atom. The quantitative estimate of drug-likeness (QED) is 0.730. The first-order valence-electron chi connectivity index (χ1n) is 7.41. The molecule has 25 heavy (non-hydrogen) atoms. The van der Waals surface area contributed by atoms with Crippen LogP contribution in [0.1, 0.15) is 20.7 Å². The highest BCUT2D eigenvalue weighted by atomic mass is 16.5. The summed E-state index contributed by atoms with van der Waals surface area (Å²) in [6.07, 6.45) is 0. The van der Waals surface area contributed by atoms with Crippen molar-refractivity contribution in [3.63, 3.8) is 0 Å². The van der Waals surface area contributed by atoms with Gasteiger partial charge >= 0.3 is 5.97 Å². The van der Waals surface area contributed by atoms with Crippen molar-refractivity contribution in [1.82, 2.24) is 20.2 Å². The van der Waals surface area contributed by atoms with E-state index >= 15 is 0 Å². The normalized spacial score (nSPS) is 10.3. The summed E-state index contributed by atoms with van der Waals surface area (Å²) in [4.78, 5) is 23.9. The number of benzene rings is 2. The average molecular weight is 337 g/mol. The van der Waals surface area contributed by atoms with Gasteiger partial charge in [-0.3, -0.25) is 4.79 Å². The summed E-state index contributed by atoms with van der Waals surface area (Å²) in [6.45, 7) is 0. The van der Waals surface area contributed by atoms with Gasteiger partial charge < -0.3 is 10.1 Å². The lowest BCUT2D eigenvalue weighted by Crippen LogP contribution is -2.12. The number of hydrogen-bond donors (Lipinski definition) is 1. The molecular formula is C17H15N5O3. The molecule has 8 heteroatoms. The van der Waals surface area contributed by atoms with E-state index in [1.807, 2.05) is 6.07 Å². The summed E-state index contributed by atoms with van der Waals surface area (Å²) in [5.41, 5.74) is 2.19. The van der Waals surface area contributed by atoms with Crippen molar-refractivity contribution in [2.45, 2.75) is 0 Å². The summed E-state index contributed by atoms with van der Waals surface area (Å²) < 4.78 is 6.17. The van der Waals surface area contributed by atoms with Crippen molar-refractivity contribution in [3.05, 3.63) is 59.7 Å². The van der Waals surface area contributed by atoms with Gasteiger partial charge in [0.15, 0.2) is 5.82 Å². The summed E-state index contributed by atoms with van der Waals surface area (Å²) in [6, 6.07) is 13.5. The number of aromatic nitrogens is 4. The second kappa shape index (κ2) is 6.91. The highest BCUT2D eigenvalue weighted by Crippen LogP contribution is 2.18. The minimum atomic E-state index is -0.428. The van der Waals surface area contributed by atoms with E-state index in [2.05, 4.69) is 25.6 Å². The summed E-state index contributed by atoms with van der Waals surface area (Å²) >= 11 is 0. The van der Waals surface area contributed by atoms with Gasteiger partial charge in [-0.15, -0.1) is 5.10 Å².